The number of nitrogens with zero attached hydrogens (tertiary/aromatic N) is 1. The second-order valence-corrected chi connectivity index (χ2v) is 8.23. The Labute approximate surface area is 163 Å². The first-order chi connectivity index (χ1) is 13.3. The zero-order chi connectivity index (χ0) is 20.3. The normalized spacial score (nSPS) is 16.9. The lowest BCUT2D eigenvalue weighted by Gasteiger charge is -2.17. The predicted octanol–water partition coefficient (Wildman–Crippen LogP) is 1.21. The van der Waals surface area contributed by atoms with E-state index in [0.29, 0.717) is 11.1 Å². The highest BCUT2D eigenvalue weighted by atomic mass is 32.2. The molecule has 146 valence electrons. The fraction of sp³-hybridized carbons (Fsp3) is 0.211. The minimum absolute atomic E-state index is 0.110. The number of sulfonamides is 1. The smallest absolute Gasteiger partial charge is 0.269 e. The minimum Gasteiger partial charge on any atom is -0.271 e. The molecule has 0 radical (unpaired) electrons. The van der Waals surface area contributed by atoms with E-state index in [1.165, 1.54) is 6.07 Å². The number of fused-ring (bicyclic) bond motifs is 1. The quantitative estimate of drug-likeness (QED) is 0.669. The van der Waals surface area contributed by atoms with E-state index in [2.05, 4.69) is 20.6 Å². The van der Waals surface area contributed by atoms with Crippen LogP contribution < -0.4 is 15.6 Å². The van der Waals surface area contributed by atoms with E-state index in [1.807, 2.05) is 0 Å². The number of nitrogens with one attached hydrogen (secondary N) is 3. The van der Waals surface area contributed by atoms with Gasteiger partial charge >= 0.3 is 0 Å². The molecule has 28 heavy (non-hydrogen) atoms. The zero-order valence-electron chi connectivity index (χ0n) is 15.3. The Bertz CT molecular complexity index is 1030. The monoisotopic (exact) mass is 400 g/mol. The molecule has 0 bridgehead atoms. The molecule has 3 N–H and O–H groups in total. The van der Waals surface area contributed by atoms with Crippen LogP contribution in [0, 0.1) is 5.92 Å². The van der Waals surface area contributed by atoms with Gasteiger partial charge in [0.1, 0.15) is 11.9 Å². The van der Waals surface area contributed by atoms with Crippen LogP contribution in [-0.4, -0.2) is 32.1 Å². The lowest BCUT2D eigenvalue weighted by Crippen LogP contribution is -2.47. The maximum atomic E-state index is 12.6. The molecule has 0 saturated heterocycles. The summed E-state index contributed by atoms with van der Waals surface area (Å²) < 4.78 is 26.8. The van der Waals surface area contributed by atoms with Gasteiger partial charge in [-0.1, -0.05) is 44.2 Å². The summed E-state index contributed by atoms with van der Waals surface area (Å²) >= 11 is 0. The molecule has 9 heteroatoms. The molecule has 1 atom stereocenters. The first-order valence-corrected chi connectivity index (χ1v) is 10.1. The Kier molecular flexibility index (Phi) is 5.46. The molecule has 1 aliphatic heterocycles. The highest BCUT2D eigenvalue weighted by Crippen LogP contribution is 2.23. The van der Waals surface area contributed by atoms with Gasteiger partial charge in [-0.25, -0.2) is 8.42 Å². The lowest BCUT2D eigenvalue weighted by molar-refractivity contribution is -0.123. The number of hydrogen-bond donors (Lipinski definition) is 3. The first-order valence-electron chi connectivity index (χ1n) is 8.65. The van der Waals surface area contributed by atoms with E-state index in [9.17, 15) is 18.0 Å². The maximum absolute atomic E-state index is 12.6. The Morgan fingerprint density at radius 2 is 1.61 bits per heavy atom. The van der Waals surface area contributed by atoms with Gasteiger partial charge in [-0.05, 0) is 30.2 Å². The van der Waals surface area contributed by atoms with Crippen molar-refractivity contribution in [3.05, 3.63) is 65.7 Å². The Morgan fingerprint density at radius 1 is 0.964 bits per heavy atom. The molecule has 0 spiro atoms. The second kappa shape index (κ2) is 7.81. The van der Waals surface area contributed by atoms with E-state index in [-0.39, 0.29) is 16.6 Å². The summed E-state index contributed by atoms with van der Waals surface area (Å²) in [6.45, 7) is 3.56. The van der Waals surface area contributed by atoms with Gasteiger partial charge in [-0.2, -0.15) is 0 Å². The third-order valence-corrected chi connectivity index (χ3v) is 5.56. The van der Waals surface area contributed by atoms with Gasteiger partial charge in [0.25, 0.3) is 21.8 Å². The van der Waals surface area contributed by atoms with Crippen LogP contribution in [0.3, 0.4) is 0 Å². The van der Waals surface area contributed by atoms with Crippen molar-refractivity contribution in [1.29, 1.82) is 0 Å². The van der Waals surface area contributed by atoms with Gasteiger partial charge < -0.3 is 0 Å². The average Bonchev–Trinajstić information content (AvgIpc) is 2.95. The van der Waals surface area contributed by atoms with Crippen LogP contribution in [0.15, 0.2) is 64.5 Å². The van der Waals surface area contributed by atoms with Crippen LogP contribution in [0.4, 0.5) is 0 Å². The molecule has 1 aliphatic rings. The topological polar surface area (TPSA) is 117 Å². The predicted molar refractivity (Wildman–Crippen MR) is 104 cm³/mol. The van der Waals surface area contributed by atoms with Crippen molar-refractivity contribution in [3.63, 3.8) is 0 Å². The summed E-state index contributed by atoms with van der Waals surface area (Å²) in [5, 5.41) is 0. The highest BCUT2D eigenvalue weighted by Gasteiger charge is 2.32. The van der Waals surface area contributed by atoms with Gasteiger partial charge in [0.2, 0.25) is 0 Å². The molecule has 0 unspecified atom stereocenters. The third-order valence-electron chi connectivity index (χ3n) is 4.17. The van der Waals surface area contributed by atoms with Crippen molar-refractivity contribution >= 4 is 27.7 Å². The number of hydrazine groups is 1. The molecule has 3 rings (SSSR count). The van der Waals surface area contributed by atoms with Crippen LogP contribution >= 0.6 is 0 Å². The van der Waals surface area contributed by atoms with Crippen LogP contribution in [-0.2, 0) is 14.8 Å². The molecule has 8 nitrogen and oxygen atoms in total. The van der Waals surface area contributed by atoms with Crippen molar-refractivity contribution in [3.8, 4) is 0 Å². The number of rotatable bonds is 4. The molecule has 2 amide bonds. The Morgan fingerprint density at radius 3 is 2.29 bits per heavy atom. The largest absolute Gasteiger partial charge is 0.271 e. The summed E-state index contributed by atoms with van der Waals surface area (Å²) in [5.41, 5.74) is 5.51. The number of benzene rings is 2. The van der Waals surface area contributed by atoms with Gasteiger partial charge in [-0.15, -0.1) is 0 Å². The lowest BCUT2D eigenvalue weighted by atomic mass is 10.0. The van der Waals surface area contributed by atoms with E-state index in [1.54, 1.807) is 62.4 Å². The zero-order valence-corrected chi connectivity index (χ0v) is 16.2. The maximum Gasteiger partial charge on any atom is 0.269 e. The number of aliphatic imine (C=N–C) groups is 1. The SMILES string of the molecule is CC(C)[C@H](N=C1NS(=O)(=O)c2ccccc21)C(=O)NNC(=O)c1ccccc1. The number of carbonyl (C=O) groups excluding carboxylic acids is 2. The summed E-state index contributed by atoms with van der Waals surface area (Å²) in [6.07, 6.45) is 0. The highest BCUT2D eigenvalue weighted by molar-refractivity contribution is 7.90. The molecule has 0 fully saturated rings. The van der Waals surface area contributed by atoms with E-state index >= 15 is 0 Å². The fourth-order valence-electron chi connectivity index (χ4n) is 2.73. The molecule has 0 aromatic heterocycles. The standard InChI is InChI=1S/C19H20N4O4S/c1-12(2)16(19(25)22-21-18(24)13-8-4-3-5-9-13)20-17-14-10-6-7-11-15(14)28(26,27)23-17/h3-12,16H,1-2H3,(H,20,23)(H,21,24)(H,22,25)/t16-/m0/s1. The number of amidine groups is 1. The molecule has 2 aromatic carbocycles. The summed E-state index contributed by atoms with van der Waals surface area (Å²) in [5.74, 6) is -1.14. The Hall–Kier alpha value is -3.20. The van der Waals surface area contributed by atoms with Gasteiger partial charge in [0, 0.05) is 11.1 Å². The summed E-state index contributed by atoms with van der Waals surface area (Å²) in [6, 6.07) is 13.9. The van der Waals surface area contributed by atoms with Crippen LogP contribution in [0.25, 0.3) is 0 Å². The van der Waals surface area contributed by atoms with Gasteiger partial charge in [0.05, 0.1) is 4.90 Å². The van der Waals surface area contributed by atoms with Crippen molar-refractivity contribution < 1.29 is 18.0 Å². The molecular formula is C19H20N4O4S. The van der Waals surface area contributed by atoms with Crippen LogP contribution in [0.1, 0.15) is 29.8 Å². The molecule has 2 aromatic rings. The molecular weight excluding hydrogens is 380 g/mol. The van der Waals surface area contributed by atoms with Crippen molar-refractivity contribution in [2.24, 2.45) is 10.9 Å². The second-order valence-electron chi connectivity index (χ2n) is 6.58. The van der Waals surface area contributed by atoms with Crippen LogP contribution in [0.2, 0.25) is 0 Å². The fourth-order valence-corrected chi connectivity index (χ4v) is 3.97. The van der Waals surface area contributed by atoms with Crippen LogP contribution in [0.5, 0.6) is 0 Å². The first kappa shape index (κ1) is 19.6. The van der Waals surface area contributed by atoms with E-state index < -0.39 is 27.9 Å². The molecule has 0 saturated carbocycles. The van der Waals surface area contributed by atoms with Gasteiger partial charge in [0.15, 0.2) is 0 Å². The van der Waals surface area contributed by atoms with Crippen molar-refractivity contribution in [2.45, 2.75) is 24.8 Å². The summed E-state index contributed by atoms with van der Waals surface area (Å²) in [4.78, 5) is 29.1. The Balaban J connectivity index is 1.78. The van der Waals surface area contributed by atoms with E-state index in [4.69, 9.17) is 0 Å². The number of hydrogen-bond acceptors (Lipinski definition) is 5. The number of carbonyl (C=O) groups is 2. The molecule has 0 aliphatic carbocycles. The number of amides is 2. The van der Waals surface area contributed by atoms with Gasteiger partial charge in [-0.3, -0.25) is 30.2 Å². The molecule has 1 heterocycles. The van der Waals surface area contributed by atoms with Crippen molar-refractivity contribution in [1.82, 2.24) is 15.6 Å². The van der Waals surface area contributed by atoms with Crippen molar-refractivity contribution in [2.75, 3.05) is 0 Å². The van der Waals surface area contributed by atoms with E-state index in [0.717, 1.165) is 0 Å². The minimum atomic E-state index is -3.70. The summed E-state index contributed by atoms with van der Waals surface area (Å²) in [7, 11) is -3.70. The average molecular weight is 400 g/mol. The third kappa shape index (κ3) is 4.04.